The van der Waals surface area contributed by atoms with Crippen LogP contribution in [-0.4, -0.2) is 35.7 Å². The van der Waals surface area contributed by atoms with E-state index >= 15 is 0 Å². The number of halogens is 1. The highest BCUT2D eigenvalue weighted by Crippen LogP contribution is 2.39. The van der Waals surface area contributed by atoms with Crippen LogP contribution < -0.4 is 14.8 Å². The van der Waals surface area contributed by atoms with E-state index in [0.29, 0.717) is 36.9 Å². The van der Waals surface area contributed by atoms with Crippen LogP contribution in [-0.2, 0) is 6.42 Å². The molecule has 0 saturated heterocycles. The van der Waals surface area contributed by atoms with Crippen molar-refractivity contribution in [3.63, 3.8) is 0 Å². The summed E-state index contributed by atoms with van der Waals surface area (Å²) in [4.78, 5) is 18.8. The lowest BCUT2D eigenvalue weighted by Gasteiger charge is -2.36. The van der Waals surface area contributed by atoms with Gasteiger partial charge < -0.3 is 24.7 Å². The minimum atomic E-state index is -0.362. The summed E-state index contributed by atoms with van der Waals surface area (Å²) in [6, 6.07) is 19.3. The van der Waals surface area contributed by atoms with Gasteiger partial charge in [0, 0.05) is 34.9 Å². The number of nitrogens with one attached hydrogen (secondary N) is 2. The topological polar surface area (TPSA) is 66.6 Å². The molecule has 0 saturated carbocycles. The van der Waals surface area contributed by atoms with E-state index in [-0.39, 0.29) is 17.9 Å². The highest BCUT2D eigenvalue weighted by Gasteiger charge is 2.34. The van der Waals surface area contributed by atoms with Crippen LogP contribution in [0.1, 0.15) is 22.9 Å². The summed E-state index contributed by atoms with van der Waals surface area (Å²) in [7, 11) is 0. The number of hydrogen-bond donors (Lipinski definition) is 2. The number of aromatic nitrogens is 1. The Balaban J connectivity index is 1.37. The maximum atomic E-state index is 13.7. The number of benzene rings is 3. The van der Waals surface area contributed by atoms with Crippen LogP contribution in [0.5, 0.6) is 11.5 Å². The van der Waals surface area contributed by atoms with Gasteiger partial charge in [-0.15, -0.1) is 0 Å². The number of carbonyl (C=O) groups is 1. The molecule has 166 valence electrons. The molecule has 0 aliphatic carbocycles. The van der Waals surface area contributed by atoms with Gasteiger partial charge in [0.25, 0.3) is 0 Å². The second kappa shape index (κ2) is 7.85. The average Bonchev–Trinajstić information content (AvgIpc) is 3.23. The second-order valence-corrected chi connectivity index (χ2v) is 8.25. The fourth-order valence-electron chi connectivity index (χ4n) is 4.77. The summed E-state index contributed by atoms with van der Waals surface area (Å²) < 4.78 is 24.9. The Kier molecular flexibility index (Phi) is 4.68. The fourth-order valence-corrected chi connectivity index (χ4v) is 4.77. The Labute approximate surface area is 189 Å². The van der Waals surface area contributed by atoms with Gasteiger partial charge in [0.15, 0.2) is 11.5 Å². The smallest absolute Gasteiger partial charge is 0.322 e. The summed E-state index contributed by atoms with van der Waals surface area (Å²) in [5.74, 6) is 0.980. The zero-order valence-corrected chi connectivity index (χ0v) is 17.8. The molecule has 7 heteroatoms. The molecule has 6 rings (SSSR count). The van der Waals surface area contributed by atoms with Crippen LogP contribution in [0.25, 0.3) is 10.9 Å². The number of nitrogens with zero attached hydrogens (tertiary/aromatic N) is 1. The van der Waals surface area contributed by atoms with Crippen molar-refractivity contribution in [1.29, 1.82) is 0 Å². The first-order chi connectivity index (χ1) is 16.2. The van der Waals surface area contributed by atoms with Gasteiger partial charge in [-0.3, -0.25) is 0 Å². The number of fused-ring (bicyclic) bond motifs is 4. The number of amides is 2. The molecule has 2 aliphatic heterocycles. The van der Waals surface area contributed by atoms with Gasteiger partial charge in [0.2, 0.25) is 0 Å². The van der Waals surface area contributed by atoms with Crippen LogP contribution in [0.3, 0.4) is 0 Å². The van der Waals surface area contributed by atoms with Crippen molar-refractivity contribution in [3.8, 4) is 11.5 Å². The lowest BCUT2D eigenvalue weighted by atomic mass is 9.92. The molecule has 0 fully saturated rings. The van der Waals surface area contributed by atoms with Crippen molar-refractivity contribution < 1.29 is 18.7 Å². The molecule has 2 aliphatic rings. The summed E-state index contributed by atoms with van der Waals surface area (Å²) in [5.41, 5.74) is 4.67. The lowest BCUT2D eigenvalue weighted by Crippen LogP contribution is -2.43. The predicted octanol–water partition coefficient (Wildman–Crippen LogP) is 5.26. The third-order valence-corrected chi connectivity index (χ3v) is 6.27. The maximum absolute atomic E-state index is 13.7. The van der Waals surface area contributed by atoms with E-state index in [1.165, 1.54) is 17.7 Å². The molecule has 3 aromatic carbocycles. The molecular formula is C26H22FN3O3. The largest absolute Gasteiger partial charge is 0.486 e. The van der Waals surface area contributed by atoms with E-state index in [2.05, 4.69) is 16.4 Å². The first-order valence-electron chi connectivity index (χ1n) is 11.0. The van der Waals surface area contributed by atoms with Crippen LogP contribution in [0.15, 0.2) is 66.7 Å². The molecular weight excluding hydrogens is 421 g/mol. The molecule has 0 unspecified atom stereocenters. The first kappa shape index (κ1) is 19.7. The third-order valence-electron chi connectivity index (χ3n) is 6.27. The quantitative estimate of drug-likeness (QED) is 0.444. The number of carbonyl (C=O) groups excluding carboxylic acids is 1. The number of H-pyrrole nitrogens is 1. The molecule has 33 heavy (non-hydrogen) atoms. The van der Waals surface area contributed by atoms with Gasteiger partial charge >= 0.3 is 6.03 Å². The van der Waals surface area contributed by atoms with Crippen LogP contribution in [0.4, 0.5) is 14.9 Å². The monoisotopic (exact) mass is 443 g/mol. The molecule has 0 radical (unpaired) electrons. The third kappa shape index (κ3) is 3.46. The summed E-state index contributed by atoms with van der Waals surface area (Å²) in [6.45, 7) is 1.53. The summed E-state index contributed by atoms with van der Waals surface area (Å²) in [5, 5.41) is 4.16. The van der Waals surface area contributed by atoms with Gasteiger partial charge in [-0.25, -0.2) is 9.18 Å². The maximum Gasteiger partial charge on any atom is 0.322 e. The Morgan fingerprint density at radius 2 is 1.79 bits per heavy atom. The first-order valence-corrected chi connectivity index (χ1v) is 11.0. The molecule has 6 nitrogen and oxygen atoms in total. The summed E-state index contributed by atoms with van der Waals surface area (Å²) >= 11 is 0. The predicted molar refractivity (Wildman–Crippen MR) is 123 cm³/mol. The minimum absolute atomic E-state index is 0.231. The van der Waals surface area contributed by atoms with Crippen LogP contribution in [0, 0.1) is 5.82 Å². The van der Waals surface area contributed by atoms with Crippen molar-refractivity contribution in [2.75, 3.05) is 25.1 Å². The Hall–Kier alpha value is -4.00. The molecule has 1 aromatic heterocycles. The van der Waals surface area contributed by atoms with E-state index in [9.17, 15) is 9.18 Å². The van der Waals surface area contributed by atoms with Crippen molar-refractivity contribution in [2.24, 2.45) is 0 Å². The van der Waals surface area contributed by atoms with Gasteiger partial charge in [-0.05, 0) is 47.9 Å². The number of aromatic amines is 1. The number of para-hydroxylation sites is 1. The van der Waals surface area contributed by atoms with Crippen molar-refractivity contribution >= 4 is 22.6 Å². The molecule has 1 atom stereocenters. The van der Waals surface area contributed by atoms with Gasteiger partial charge in [-0.1, -0.05) is 30.3 Å². The van der Waals surface area contributed by atoms with Gasteiger partial charge in [0.05, 0.1) is 6.04 Å². The molecule has 2 N–H and O–H groups in total. The normalized spacial score (nSPS) is 17.0. The summed E-state index contributed by atoms with van der Waals surface area (Å²) in [6.07, 6.45) is 0.728. The molecule has 2 amide bonds. The fraction of sp³-hybridized carbons (Fsp3) is 0.192. The minimum Gasteiger partial charge on any atom is -0.486 e. The number of hydrogen-bond acceptors (Lipinski definition) is 3. The number of anilines is 1. The standard InChI is InChI=1S/C26H22FN3O3/c27-17-7-5-16(6-8-17)25-24-20(19-3-1-2-4-21(19)29-24)11-12-30(25)26(31)28-18-9-10-22-23(15-18)33-14-13-32-22/h1-10,15,25,29H,11-14H2,(H,28,31)/t25-/m0/s1. The Morgan fingerprint density at radius 3 is 2.64 bits per heavy atom. The van der Waals surface area contributed by atoms with Gasteiger partial charge in [0.1, 0.15) is 19.0 Å². The van der Waals surface area contributed by atoms with Crippen molar-refractivity contribution in [1.82, 2.24) is 9.88 Å². The Morgan fingerprint density at radius 1 is 1.00 bits per heavy atom. The highest BCUT2D eigenvalue weighted by molar-refractivity contribution is 5.92. The highest BCUT2D eigenvalue weighted by atomic mass is 19.1. The van der Waals surface area contributed by atoms with E-state index in [4.69, 9.17) is 9.47 Å². The molecule has 0 bridgehead atoms. The number of rotatable bonds is 2. The molecule has 4 aromatic rings. The van der Waals surface area contributed by atoms with Crippen LogP contribution >= 0.6 is 0 Å². The zero-order chi connectivity index (χ0) is 22.4. The number of ether oxygens (including phenoxy) is 2. The molecule has 3 heterocycles. The second-order valence-electron chi connectivity index (χ2n) is 8.25. The SMILES string of the molecule is O=C(Nc1ccc2c(c1)OCCO2)N1CCc2c([nH]c3ccccc23)[C@@H]1c1ccc(F)cc1. The van der Waals surface area contributed by atoms with E-state index in [1.54, 1.807) is 35.2 Å². The van der Waals surface area contributed by atoms with Gasteiger partial charge in [-0.2, -0.15) is 0 Å². The molecule has 0 spiro atoms. The lowest BCUT2D eigenvalue weighted by molar-refractivity contribution is 0.171. The average molecular weight is 443 g/mol. The van der Waals surface area contributed by atoms with E-state index in [0.717, 1.165) is 28.6 Å². The Bertz CT molecular complexity index is 1350. The van der Waals surface area contributed by atoms with Crippen molar-refractivity contribution in [3.05, 3.63) is 89.4 Å². The van der Waals surface area contributed by atoms with Crippen LogP contribution in [0.2, 0.25) is 0 Å². The van der Waals surface area contributed by atoms with Crippen molar-refractivity contribution in [2.45, 2.75) is 12.5 Å². The van der Waals surface area contributed by atoms with E-state index in [1.807, 2.05) is 18.2 Å². The van der Waals surface area contributed by atoms with E-state index < -0.39 is 0 Å². The number of urea groups is 1. The zero-order valence-electron chi connectivity index (χ0n) is 17.8.